The van der Waals surface area contributed by atoms with E-state index in [1.54, 1.807) is 19.9 Å². The van der Waals surface area contributed by atoms with Crippen molar-refractivity contribution in [3.05, 3.63) is 64.6 Å². The molecule has 0 aliphatic heterocycles. The molecule has 0 aliphatic carbocycles. The molecule has 0 radical (unpaired) electrons. The van der Waals surface area contributed by atoms with Crippen molar-refractivity contribution in [2.45, 2.75) is 31.2 Å². The second kappa shape index (κ2) is 8.87. The molecule has 13 heteroatoms. The molecule has 1 amide bonds. The third kappa shape index (κ3) is 5.01. The molecule has 0 saturated heterocycles. The molecule has 2 heterocycles. The van der Waals surface area contributed by atoms with E-state index in [9.17, 15) is 23.3 Å². The first kappa shape index (κ1) is 21.8. The molecule has 1 atom stereocenters. The largest absolute Gasteiger partial charge is 0.390 e. The predicted molar refractivity (Wildman–Crippen MR) is 111 cm³/mol. The number of benzene rings is 1. The Balaban J connectivity index is 1.74. The highest BCUT2D eigenvalue weighted by Crippen LogP contribution is 2.22. The third-order valence-corrected chi connectivity index (χ3v) is 5.65. The molecule has 2 N–H and O–H groups in total. The van der Waals surface area contributed by atoms with E-state index in [0.29, 0.717) is 17.8 Å². The molecule has 12 nitrogen and oxygen atoms in total. The fraction of sp³-hybridized carbons (Fsp3) is 0.222. The number of nitrogens with zero attached hydrogens (tertiary/aromatic N) is 5. The van der Waals surface area contributed by atoms with Crippen molar-refractivity contribution in [2.24, 2.45) is 0 Å². The van der Waals surface area contributed by atoms with E-state index in [1.165, 1.54) is 47.4 Å². The van der Waals surface area contributed by atoms with Gasteiger partial charge in [-0.05, 0) is 48.6 Å². The molecule has 0 bridgehead atoms. The summed E-state index contributed by atoms with van der Waals surface area (Å²) in [5.74, 6) is -0.836. The maximum atomic E-state index is 12.7. The molecular weight excluding hydrogens is 426 g/mol. The van der Waals surface area contributed by atoms with Gasteiger partial charge in [0.2, 0.25) is 5.95 Å². The van der Waals surface area contributed by atoms with E-state index in [2.05, 4.69) is 25.1 Å². The Morgan fingerprint density at radius 1 is 1.23 bits per heavy atom. The van der Waals surface area contributed by atoms with Crippen molar-refractivity contribution >= 4 is 33.4 Å². The lowest BCUT2D eigenvalue weighted by molar-refractivity contribution is -0.389. The van der Waals surface area contributed by atoms with E-state index in [1.807, 2.05) is 0 Å². The first-order valence-corrected chi connectivity index (χ1v) is 10.6. The fourth-order valence-corrected chi connectivity index (χ4v) is 3.78. The molecule has 0 spiro atoms. The number of carbonyl (C=O) groups excluding carboxylic acids is 1. The first-order chi connectivity index (χ1) is 14.7. The molecule has 1 unspecified atom stereocenters. The van der Waals surface area contributed by atoms with Crippen LogP contribution in [0.3, 0.4) is 0 Å². The van der Waals surface area contributed by atoms with Gasteiger partial charge in [-0.2, -0.15) is 4.68 Å². The second-order valence-corrected chi connectivity index (χ2v) is 8.14. The Morgan fingerprint density at radius 2 is 1.87 bits per heavy atom. The number of aryl methyl sites for hydroxylation is 1. The van der Waals surface area contributed by atoms with Crippen LogP contribution in [0.5, 0.6) is 0 Å². The van der Waals surface area contributed by atoms with E-state index in [4.69, 9.17) is 0 Å². The molecule has 31 heavy (non-hydrogen) atoms. The van der Waals surface area contributed by atoms with Crippen LogP contribution in [0.15, 0.2) is 53.7 Å². The van der Waals surface area contributed by atoms with Crippen LogP contribution < -0.4 is 10.0 Å². The van der Waals surface area contributed by atoms with Gasteiger partial charge in [-0.25, -0.2) is 23.1 Å². The van der Waals surface area contributed by atoms with Crippen LogP contribution >= 0.6 is 0 Å². The summed E-state index contributed by atoms with van der Waals surface area (Å²) in [6.45, 7) is 3.38. The summed E-state index contributed by atoms with van der Waals surface area (Å²) in [4.78, 5) is 30.6. The quantitative estimate of drug-likeness (QED) is 0.394. The first-order valence-electron chi connectivity index (χ1n) is 9.12. The van der Waals surface area contributed by atoms with E-state index in [-0.39, 0.29) is 16.7 Å². The predicted octanol–water partition coefficient (Wildman–Crippen LogP) is 2.28. The number of hydrogen-bond donors (Lipinski definition) is 2. The van der Waals surface area contributed by atoms with Crippen LogP contribution in [0.25, 0.3) is 0 Å². The number of nitro groups is 1. The minimum Gasteiger partial charge on any atom is -0.358 e. The third-order valence-electron chi connectivity index (χ3n) is 4.30. The molecule has 1 aromatic carbocycles. The van der Waals surface area contributed by atoms with Crippen molar-refractivity contribution in [2.75, 3.05) is 10.0 Å². The topological polar surface area (TPSA) is 162 Å². The summed E-state index contributed by atoms with van der Waals surface area (Å²) < 4.78 is 28.4. The molecule has 0 saturated carbocycles. The second-order valence-electron chi connectivity index (χ2n) is 6.46. The molecule has 162 valence electrons. The summed E-state index contributed by atoms with van der Waals surface area (Å²) in [5.41, 5.74) is 0.835. The number of anilines is 2. The minimum absolute atomic E-state index is 0.0384. The van der Waals surface area contributed by atoms with Crippen molar-refractivity contribution in [3.63, 3.8) is 0 Å². The fourth-order valence-electron chi connectivity index (χ4n) is 2.82. The van der Waals surface area contributed by atoms with Crippen molar-refractivity contribution < 1.29 is 18.1 Å². The highest BCUT2D eigenvalue weighted by molar-refractivity contribution is 7.92. The number of sulfonamides is 1. The monoisotopic (exact) mass is 445 g/mol. The highest BCUT2D eigenvalue weighted by Gasteiger charge is 2.27. The van der Waals surface area contributed by atoms with Crippen LogP contribution in [0.4, 0.5) is 17.5 Å². The van der Waals surface area contributed by atoms with Crippen LogP contribution in [-0.2, 0) is 14.8 Å². The highest BCUT2D eigenvalue weighted by atomic mass is 32.2. The van der Waals surface area contributed by atoms with Crippen LogP contribution in [0.1, 0.15) is 25.1 Å². The van der Waals surface area contributed by atoms with Gasteiger partial charge >= 0.3 is 5.82 Å². The zero-order valence-electron chi connectivity index (χ0n) is 16.6. The number of aromatic nitrogens is 4. The molecule has 2 aromatic heterocycles. The normalized spacial score (nSPS) is 12.2. The van der Waals surface area contributed by atoms with Crippen LogP contribution in [0, 0.1) is 17.0 Å². The summed E-state index contributed by atoms with van der Waals surface area (Å²) >= 11 is 0. The number of rotatable bonds is 8. The van der Waals surface area contributed by atoms with Crippen LogP contribution in [-0.4, -0.2) is 39.0 Å². The Morgan fingerprint density at radius 3 is 2.42 bits per heavy atom. The van der Waals surface area contributed by atoms with Gasteiger partial charge in [0.15, 0.2) is 6.04 Å². The molecule has 0 aliphatic rings. The van der Waals surface area contributed by atoms with E-state index >= 15 is 0 Å². The SMILES string of the molecule is CCC(C(=O)Nc1ccc(S(=O)(=O)Nc2ncccn2)cc1)n1nc([N+](=O)[O-])cc1C. The van der Waals surface area contributed by atoms with Gasteiger partial charge in [0.05, 0.1) is 21.8 Å². The summed E-state index contributed by atoms with van der Waals surface area (Å²) in [6, 6.07) is 7.60. The van der Waals surface area contributed by atoms with Gasteiger partial charge in [0.25, 0.3) is 15.9 Å². The standard InChI is InChI=1S/C18H19N7O5S/c1-3-15(24-12(2)11-16(22-24)25(27)28)17(26)21-13-5-7-14(8-6-13)31(29,30)23-18-19-9-4-10-20-18/h4-11,15H,3H2,1-2H3,(H,21,26)(H,19,20,23). The Kier molecular flexibility index (Phi) is 6.25. The number of hydrogen-bond acceptors (Lipinski definition) is 8. The maximum absolute atomic E-state index is 12.7. The van der Waals surface area contributed by atoms with Crippen molar-refractivity contribution in [1.82, 2.24) is 19.7 Å². The average molecular weight is 445 g/mol. The summed E-state index contributed by atoms with van der Waals surface area (Å²) in [5, 5.41) is 17.5. The smallest absolute Gasteiger partial charge is 0.358 e. The van der Waals surface area contributed by atoms with E-state index in [0.717, 1.165) is 0 Å². The van der Waals surface area contributed by atoms with Gasteiger partial charge in [0.1, 0.15) is 0 Å². The van der Waals surface area contributed by atoms with Crippen molar-refractivity contribution in [1.29, 1.82) is 0 Å². The summed E-state index contributed by atoms with van der Waals surface area (Å²) in [6.07, 6.45) is 3.16. The lowest BCUT2D eigenvalue weighted by Gasteiger charge is -2.14. The van der Waals surface area contributed by atoms with Gasteiger partial charge in [-0.1, -0.05) is 6.92 Å². The van der Waals surface area contributed by atoms with Gasteiger partial charge in [-0.3, -0.25) is 4.79 Å². The molecule has 3 aromatic rings. The van der Waals surface area contributed by atoms with Gasteiger partial charge in [-0.15, -0.1) is 0 Å². The van der Waals surface area contributed by atoms with E-state index < -0.39 is 26.9 Å². The number of carbonyl (C=O) groups is 1. The van der Waals surface area contributed by atoms with Gasteiger partial charge < -0.3 is 15.4 Å². The zero-order chi connectivity index (χ0) is 22.6. The van der Waals surface area contributed by atoms with Gasteiger partial charge in [0, 0.05) is 18.1 Å². The number of nitrogens with one attached hydrogen (secondary N) is 2. The number of amides is 1. The van der Waals surface area contributed by atoms with Crippen molar-refractivity contribution in [3.8, 4) is 0 Å². The van der Waals surface area contributed by atoms with Crippen LogP contribution in [0.2, 0.25) is 0 Å². The molecule has 3 rings (SSSR count). The molecular formula is C18H19N7O5S. The maximum Gasteiger partial charge on any atom is 0.390 e. The lowest BCUT2D eigenvalue weighted by Crippen LogP contribution is -2.27. The molecule has 0 fully saturated rings. The zero-order valence-corrected chi connectivity index (χ0v) is 17.4. The lowest BCUT2D eigenvalue weighted by atomic mass is 10.2. The Labute approximate surface area is 177 Å². The average Bonchev–Trinajstić information content (AvgIpc) is 3.11. The Bertz CT molecular complexity index is 1190. The summed E-state index contributed by atoms with van der Waals surface area (Å²) in [7, 11) is -3.90. The Hall–Kier alpha value is -3.87. The minimum atomic E-state index is -3.90.